The van der Waals surface area contributed by atoms with Gasteiger partial charge in [-0.25, -0.2) is 4.79 Å². The zero-order valence-electron chi connectivity index (χ0n) is 11.4. The van der Waals surface area contributed by atoms with E-state index < -0.39 is 5.97 Å². The van der Waals surface area contributed by atoms with E-state index in [-0.39, 0.29) is 11.5 Å². The smallest absolute Gasteiger partial charge is 0.338 e. The van der Waals surface area contributed by atoms with Crippen LogP contribution in [0, 0.1) is 0 Å². The molecule has 1 amide bonds. The molecule has 2 rings (SSSR count). The van der Waals surface area contributed by atoms with Gasteiger partial charge >= 0.3 is 5.97 Å². The highest BCUT2D eigenvalue weighted by atomic mass is 35.5. The van der Waals surface area contributed by atoms with E-state index in [1.807, 2.05) is 12.1 Å². The third-order valence-electron chi connectivity index (χ3n) is 2.94. The van der Waals surface area contributed by atoms with E-state index in [1.165, 1.54) is 7.11 Å². The summed E-state index contributed by atoms with van der Waals surface area (Å²) in [6.07, 6.45) is 0. The summed E-state index contributed by atoms with van der Waals surface area (Å²) in [6, 6.07) is 13.7. The molecule has 0 aliphatic rings. The van der Waals surface area contributed by atoms with E-state index in [2.05, 4.69) is 10.1 Å². The molecule has 0 aliphatic carbocycles. The van der Waals surface area contributed by atoms with Crippen LogP contribution < -0.4 is 5.32 Å². The van der Waals surface area contributed by atoms with Crippen LogP contribution in [-0.2, 0) is 11.3 Å². The molecule has 21 heavy (non-hydrogen) atoms. The molecule has 0 radical (unpaired) electrons. The summed E-state index contributed by atoms with van der Waals surface area (Å²) in [4.78, 5) is 23.8. The fourth-order valence-electron chi connectivity index (χ4n) is 1.85. The Morgan fingerprint density at radius 1 is 1.05 bits per heavy atom. The van der Waals surface area contributed by atoms with Gasteiger partial charge < -0.3 is 10.1 Å². The van der Waals surface area contributed by atoms with E-state index in [1.54, 1.807) is 36.4 Å². The first kappa shape index (κ1) is 15.1. The third kappa shape index (κ3) is 3.83. The number of benzene rings is 2. The summed E-state index contributed by atoms with van der Waals surface area (Å²) in [5, 5.41) is 3.40. The molecule has 0 saturated carbocycles. The summed E-state index contributed by atoms with van der Waals surface area (Å²) < 4.78 is 4.67. The number of esters is 1. The molecule has 0 heterocycles. The first-order chi connectivity index (χ1) is 10.1. The minimum Gasteiger partial charge on any atom is -0.465 e. The number of ether oxygens (including phenoxy) is 1. The molecule has 0 aromatic heterocycles. The van der Waals surface area contributed by atoms with Gasteiger partial charge in [0.15, 0.2) is 0 Å². The van der Waals surface area contributed by atoms with Crippen molar-refractivity contribution in [2.24, 2.45) is 0 Å². The number of carbonyl (C=O) groups excluding carboxylic acids is 2. The third-order valence-corrected chi connectivity index (χ3v) is 3.20. The first-order valence-corrected chi connectivity index (χ1v) is 6.69. The van der Waals surface area contributed by atoms with Crippen molar-refractivity contribution in [2.75, 3.05) is 7.11 Å². The molecular weight excluding hydrogens is 290 g/mol. The molecular formula is C16H14ClNO3. The van der Waals surface area contributed by atoms with Crippen molar-refractivity contribution in [1.82, 2.24) is 5.32 Å². The number of hydrogen-bond donors (Lipinski definition) is 1. The second-order valence-electron chi connectivity index (χ2n) is 4.35. The van der Waals surface area contributed by atoms with Crippen LogP contribution in [0.3, 0.4) is 0 Å². The lowest BCUT2D eigenvalue weighted by Crippen LogP contribution is -2.25. The van der Waals surface area contributed by atoms with Gasteiger partial charge in [-0.2, -0.15) is 0 Å². The van der Waals surface area contributed by atoms with Crippen molar-refractivity contribution in [2.45, 2.75) is 6.54 Å². The highest BCUT2D eigenvalue weighted by molar-refractivity contribution is 6.30. The second kappa shape index (κ2) is 6.90. The molecule has 1 N–H and O–H groups in total. The molecule has 2 aromatic rings. The molecule has 0 atom stereocenters. The van der Waals surface area contributed by atoms with Crippen LogP contribution in [0.1, 0.15) is 26.3 Å². The fraction of sp³-hybridized carbons (Fsp3) is 0.125. The molecule has 0 fully saturated rings. The van der Waals surface area contributed by atoms with Crippen LogP contribution in [0.5, 0.6) is 0 Å². The molecule has 0 saturated heterocycles. The van der Waals surface area contributed by atoms with Gasteiger partial charge in [-0.15, -0.1) is 0 Å². The van der Waals surface area contributed by atoms with E-state index in [0.717, 1.165) is 5.56 Å². The van der Waals surface area contributed by atoms with Crippen LogP contribution >= 0.6 is 11.6 Å². The van der Waals surface area contributed by atoms with Crippen LogP contribution in [0.25, 0.3) is 0 Å². The van der Waals surface area contributed by atoms with Crippen molar-refractivity contribution in [3.05, 3.63) is 70.2 Å². The maximum atomic E-state index is 12.2. The van der Waals surface area contributed by atoms with Gasteiger partial charge in [-0.3, -0.25) is 4.79 Å². The minimum absolute atomic E-state index is 0.244. The van der Waals surface area contributed by atoms with E-state index >= 15 is 0 Å². The van der Waals surface area contributed by atoms with Crippen molar-refractivity contribution in [3.8, 4) is 0 Å². The Morgan fingerprint density at radius 2 is 1.67 bits per heavy atom. The van der Waals surface area contributed by atoms with E-state index in [4.69, 9.17) is 11.6 Å². The molecule has 2 aromatic carbocycles. The fourth-order valence-corrected chi connectivity index (χ4v) is 1.97. The zero-order chi connectivity index (χ0) is 15.2. The number of amides is 1. The topological polar surface area (TPSA) is 55.4 Å². The van der Waals surface area contributed by atoms with Gasteiger partial charge in [0.05, 0.1) is 18.2 Å². The molecule has 5 heteroatoms. The summed E-state index contributed by atoms with van der Waals surface area (Å²) in [5.41, 5.74) is 1.45. The Kier molecular flexibility index (Phi) is 4.95. The summed E-state index contributed by atoms with van der Waals surface area (Å²) in [7, 11) is 1.28. The molecule has 0 spiro atoms. The van der Waals surface area contributed by atoms with Crippen molar-refractivity contribution in [1.29, 1.82) is 0 Å². The number of rotatable bonds is 4. The Bertz CT molecular complexity index is 653. The summed E-state index contributed by atoms with van der Waals surface area (Å²) in [6.45, 7) is 0.353. The Balaban J connectivity index is 2.10. The van der Waals surface area contributed by atoms with E-state index in [9.17, 15) is 9.59 Å². The maximum Gasteiger partial charge on any atom is 0.338 e. The predicted molar refractivity (Wildman–Crippen MR) is 80.4 cm³/mol. The van der Waals surface area contributed by atoms with Crippen molar-refractivity contribution >= 4 is 23.5 Å². The SMILES string of the molecule is COC(=O)c1ccccc1C(=O)NCc1ccc(Cl)cc1. The average molecular weight is 304 g/mol. The predicted octanol–water partition coefficient (Wildman–Crippen LogP) is 3.06. The lowest BCUT2D eigenvalue weighted by atomic mass is 10.1. The van der Waals surface area contributed by atoms with Crippen molar-refractivity contribution < 1.29 is 14.3 Å². The van der Waals surface area contributed by atoms with Gasteiger partial charge in [0.2, 0.25) is 0 Å². The quantitative estimate of drug-likeness (QED) is 0.883. The van der Waals surface area contributed by atoms with Crippen LogP contribution in [0.15, 0.2) is 48.5 Å². The summed E-state index contributed by atoms with van der Waals surface area (Å²) >= 11 is 5.80. The van der Waals surface area contributed by atoms with Crippen LogP contribution in [0.4, 0.5) is 0 Å². The molecule has 108 valence electrons. The van der Waals surface area contributed by atoms with Gasteiger partial charge in [-0.05, 0) is 29.8 Å². The standard InChI is InChI=1S/C16H14ClNO3/c1-21-16(20)14-5-3-2-4-13(14)15(19)18-10-11-6-8-12(17)9-7-11/h2-9H,10H2,1H3,(H,18,19). The van der Waals surface area contributed by atoms with Gasteiger partial charge in [-0.1, -0.05) is 35.9 Å². The number of hydrogen-bond acceptors (Lipinski definition) is 3. The number of halogens is 1. The normalized spacial score (nSPS) is 10.0. The monoisotopic (exact) mass is 303 g/mol. The van der Waals surface area contributed by atoms with Gasteiger partial charge in [0, 0.05) is 11.6 Å². The lowest BCUT2D eigenvalue weighted by molar-refractivity contribution is 0.0596. The van der Waals surface area contributed by atoms with Crippen molar-refractivity contribution in [3.63, 3.8) is 0 Å². The molecule has 0 aliphatic heterocycles. The molecule has 0 unspecified atom stereocenters. The average Bonchev–Trinajstić information content (AvgIpc) is 2.53. The molecule has 0 bridgehead atoms. The second-order valence-corrected chi connectivity index (χ2v) is 4.78. The molecule has 4 nitrogen and oxygen atoms in total. The van der Waals surface area contributed by atoms with Crippen LogP contribution in [-0.4, -0.2) is 19.0 Å². The Labute approximate surface area is 127 Å². The first-order valence-electron chi connectivity index (χ1n) is 6.32. The minimum atomic E-state index is -0.535. The van der Waals surface area contributed by atoms with Gasteiger partial charge in [0.1, 0.15) is 0 Å². The number of carbonyl (C=O) groups is 2. The van der Waals surface area contributed by atoms with E-state index in [0.29, 0.717) is 17.1 Å². The van der Waals surface area contributed by atoms with Gasteiger partial charge in [0.25, 0.3) is 5.91 Å². The Morgan fingerprint density at radius 3 is 2.29 bits per heavy atom. The number of methoxy groups -OCH3 is 1. The highest BCUT2D eigenvalue weighted by Gasteiger charge is 2.16. The zero-order valence-corrected chi connectivity index (χ0v) is 12.2. The Hall–Kier alpha value is -2.33. The maximum absolute atomic E-state index is 12.2. The van der Waals surface area contributed by atoms with Crippen LogP contribution in [0.2, 0.25) is 5.02 Å². The largest absolute Gasteiger partial charge is 0.465 e. The number of nitrogens with one attached hydrogen (secondary N) is 1. The summed E-state index contributed by atoms with van der Waals surface area (Å²) in [5.74, 6) is -0.863. The highest BCUT2D eigenvalue weighted by Crippen LogP contribution is 2.12. The lowest BCUT2D eigenvalue weighted by Gasteiger charge is -2.09.